The molecule has 3 aromatic rings. The molecule has 0 bridgehead atoms. The van der Waals surface area contributed by atoms with Gasteiger partial charge in [-0.15, -0.1) is 5.10 Å². The lowest BCUT2D eigenvalue weighted by atomic mass is 9.90. The van der Waals surface area contributed by atoms with Gasteiger partial charge in [-0.2, -0.15) is 0 Å². The summed E-state index contributed by atoms with van der Waals surface area (Å²) in [6, 6.07) is 10.9. The molecule has 2 aromatic carbocycles. The second-order valence-electron chi connectivity index (χ2n) is 6.51. The van der Waals surface area contributed by atoms with E-state index in [-0.39, 0.29) is 12.6 Å². The van der Waals surface area contributed by atoms with Gasteiger partial charge >= 0.3 is 6.01 Å². The maximum absolute atomic E-state index is 12.1. The van der Waals surface area contributed by atoms with Crippen LogP contribution in [-0.4, -0.2) is 22.7 Å². The molecule has 8 heteroatoms. The fourth-order valence-electron chi connectivity index (χ4n) is 3.15. The summed E-state index contributed by atoms with van der Waals surface area (Å²) >= 11 is 11.8. The van der Waals surface area contributed by atoms with Crippen LogP contribution >= 0.6 is 23.2 Å². The van der Waals surface area contributed by atoms with E-state index in [0.29, 0.717) is 21.7 Å². The van der Waals surface area contributed by atoms with Crippen molar-refractivity contribution in [3.05, 3.63) is 57.6 Å². The second-order valence-corrected chi connectivity index (χ2v) is 7.36. The third kappa shape index (κ3) is 4.29. The standard InChI is InChI=1S/C20H17Cl2N3O3/c21-15-7-8-17(16(22)10-15)27-11-18(26)23-20-25-24-19(28-20)14-6-5-12-3-1-2-4-13(12)9-14/h5-10H,1-4,11H2,(H,23,25,26). The second kappa shape index (κ2) is 8.20. The lowest BCUT2D eigenvalue weighted by molar-refractivity contribution is -0.118. The number of carbonyl (C=O) groups is 1. The van der Waals surface area contributed by atoms with Crippen LogP contribution in [0.25, 0.3) is 11.5 Å². The van der Waals surface area contributed by atoms with Gasteiger partial charge in [0.05, 0.1) is 5.02 Å². The first-order valence-electron chi connectivity index (χ1n) is 8.92. The minimum absolute atomic E-state index is 0.0172. The Kier molecular flexibility index (Phi) is 5.50. The van der Waals surface area contributed by atoms with E-state index in [1.165, 1.54) is 24.0 Å². The van der Waals surface area contributed by atoms with Gasteiger partial charge in [0.15, 0.2) is 6.61 Å². The van der Waals surface area contributed by atoms with Gasteiger partial charge in [0.1, 0.15) is 5.75 Å². The summed E-state index contributed by atoms with van der Waals surface area (Å²) < 4.78 is 11.0. The highest BCUT2D eigenvalue weighted by Gasteiger charge is 2.15. The number of anilines is 1. The highest BCUT2D eigenvalue weighted by Crippen LogP contribution is 2.28. The van der Waals surface area contributed by atoms with Crippen LogP contribution in [0, 0.1) is 0 Å². The largest absolute Gasteiger partial charge is 0.482 e. The summed E-state index contributed by atoms with van der Waals surface area (Å²) in [6.07, 6.45) is 4.59. The molecule has 144 valence electrons. The van der Waals surface area contributed by atoms with E-state index in [0.717, 1.165) is 18.4 Å². The van der Waals surface area contributed by atoms with E-state index in [4.69, 9.17) is 32.4 Å². The number of carbonyl (C=O) groups excluding carboxylic acids is 1. The molecule has 0 saturated heterocycles. The summed E-state index contributed by atoms with van der Waals surface area (Å²) in [7, 11) is 0. The maximum Gasteiger partial charge on any atom is 0.322 e. The van der Waals surface area contributed by atoms with E-state index in [1.807, 2.05) is 6.07 Å². The van der Waals surface area contributed by atoms with Crippen LogP contribution in [0.3, 0.4) is 0 Å². The SMILES string of the molecule is O=C(COc1ccc(Cl)cc1Cl)Nc1nnc(-c2ccc3c(c2)CCCC3)o1. The molecule has 28 heavy (non-hydrogen) atoms. The van der Waals surface area contributed by atoms with Gasteiger partial charge in [-0.1, -0.05) is 34.4 Å². The lowest BCUT2D eigenvalue weighted by Crippen LogP contribution is -2.20. The van der Waals surface area contributed by atoms with Crippen LogP contribution in [0.2, 0.25) is 10.0 Å². The quantitative estimate of drug-likeness (QED) is 0.635. The number of nitrogens with one attached hydrogen (secondary N) is 1. The molecule has 0 fully saturated rings. The number of fused-ring (bicyclic) bond motifs is 1. The van der Waals surface area contributed by atoms with Crippen molar-refractivity contribution in [2.45, 2.75) is 25.7 Å². The summed E-state index contributed by atoms with van der Waals surface area (Å²) in [5.41, 5.74) is 3.54. The minimum atomic E-state index is -0.438. The van der Waals surface area contributed by atoms with Gasteiger partial charge in [0, 0.05) is 10.6 Å². The number of hydrogen-bond donors (Lipinski definition) is 1. The number of amides is 1. The van der Waals surface area contributed by atoms with Crippen molar-refractivity contribution in [3.8, 4) is 17.2 Å². The zero-order valence-electron chi connectivity index (χ0n) is 14.9. The highest BCUT2D eigenvalue weighted by atomic mass is 35.5. The van der Waals surface area contributed by atoms with E-state index >= 15 is 0 Å². The average Bonchev–Trinajstić information content (AvgIpc) is 3.15. The Balaban J connectivity index is 1.38. The number of ether oxygens (including phenoxy) is 1. The van der Waals surface area contributed by atoms with E-state index in [1.54, 1.807) is 18.2 Å². The van der Waals surface area contributed by atoms with E-state index in [9.17, 15) is 4.79 Å². The third-order valence-corrected chi connectivity index (χ3v) is 5.05. The summed E-state index contributed by atoms with van der Waals surface area (Å²) in [6.45, 7) is -0.252. The van der Waals surface area contributed by atoms with Gasteiger partial charge in [-0.3, -0.25) is 10.1 Å². The first kappa shape index (κ1) is 18.8. The molecule has 0 spiro atoms. The Morgan fingerprint density at radius 2 is 1.89 bits per heavy atom. The van der Waals surface area contributed by atoms with Crippen molar-refractivity contribution in [1.82, 2.24) is 10.2 Å². The van der Waals surface area contributed by atoms with Gasteiger partial charge in [0.2, 0.25) is 5.89 Å². The molecule has 1 amide bonds. The molecule has 1 aromatic heterocycles. The van der Waals surface area contributed by atoms with Crippen LogP contribution in [0.1, 0.15) is 24.0 Å². The molecular weight excluding hydrogens is 401 g/mol. The van der Waals surface area contributed by atoms with Crippen LogP contribution < -0.4 is 10.1 Å². The molecule has 0 atom stereocenters. The van der Waals surface area contributed by atoms with Crippen molar-refractivity contribution in [1.29, 1.82) is 0 Å². The summed E-state index contributed by atoms with van der Waals surface area (Å²) in [5, 5.41) is 11.2. The molecule has 0 saturated carbocycles. The van der Waals surface area contributed by atoms with Crippen LogP contribution in [-0.2, 0) is 17.6 Å². The van der Waals surface area contributed by atoms with Gasteiger partial charge < -0.3 is 9.15 Å². The fraction of sp³-hybridized carbons (Fsp3) is 0.250. The molecule has 4 rings (SSSR count). The molecule has 1 N–H and O–H groups in total. The van der Waals surface area contributed by atoms with Gasteiger partial charge in [-0.05, 0) is 67.1 Å². The molecule has 0 unspecified atom stereocenters. The monoisotopic (exact) mass is 417 g/mol. The Morgan fingerprint density at radius 3 is 2.71 bits per heavy atom. The molecule has 1 heterocycles. The zero-order valence-corrected chi connectivity index (χ0v) is 16.4. The highest BCUT2D eigenvalue weighted by molar-refractivity contribution is 6.35. The molecule has 1 aliphatic carbocycles. The zero-order chi connectivity index (χ0) is 19.5. The smallest absolute Gasteiger partial charge is 0.322 e. The Labute approximate surface area is 171 Å². The molecule has 1 aliphatic rings. The Bertz CT molecular complexity index is 1020. The van der Waals surface area contributed by atoms with E-state index < -0.39 is 5.91 Å². The number of halogens is 2. The normalized spacial score (nSPS) is 13.1. The van der Waals surface area contributed by atoms with Crippen LogP contribution in [0.5, 0.6) is 5.75 Å². The van der Waals surface area contributed by atoms with Gasteiger partial charge in [-0.25, -0.2) is 0 Å². The Morgan fingerprint density at radius 1 is 1.07 bits per heavy atom. The molecular formula is C20H17Cl2N3O3. The first-order chi connectivity index (χ1) is 13.6. The number of hydrogen-bond acceptors (Lipinski definition) is 5. The number of rotatable bonds is 5. The minimum Gasteiger partial charge on any atom is -0.482 e. The molecule has 0 aliphatic heterocycles. The van der Waals surface area contributed by atoms with Gasteiger partial charge in [0.25, 0.3) is 5.91 Å². The first-order valence-corrected chi connectivity index (χ1v) is 9.67. The average molecular weight is 418 g/mol. The Hall–Kier alpha value is -2.57. The topological polar surface area (TPSA) is 77.2 Å². The predicted octanol–water partition coefficient (Wildman–Crippen LogP) is 4.94. The third-order valence-electron chi connectivity index (χ3n) is 4.52. The number of aromatic nitrogens is 2. The van der Waals surface area contributed by atoms with Crippen molar-refractivity contribution >= 4 is 35.1 Å². The fourth-order valence-corrected chi connectivity index (χ4v) is 3.61. The number of nitrogens with zero attached hydrogens (tertiary/aromatic N) is 2. The summed E-state index contributed by atoms with van der Waals surface area (Å²) in [4.78, 5) is 12.1. The van der Waals surface area contributed by atoms with E-state index in [2.05, 4.69) is 27.6 Å². The molecule has 0 radical (unpaired) electrons. The van der Waals surface area contributed by atoms with Crippen molar-refractivity contribution < 1.29 is 13.9 Å². The van der Waals surface area contributed by atoms with Crippen molar-refractivity contribution in [2.24, 2.45) is 0 Å². The van der Waals surface area contributed by atoms with Crippen LogP contribution in [0.4, 0.5) is 6.01 Å². The van der Waals surface area contributed by atoms with Crippen molar-refractivity contribution in [2.75, 3.05) is 11.9 Å². The van der Waals surface area contributed by atoms with Crippen molar-refractivity contribution in [3.63, 3.8) is 0 Å². The number of benzene rings is 2. The lowest BCUT2D eigenvalue weighted by Gasteiger charge is -2.15. The number of aryl methyl sites for hydroxylation is 2. The molecule has 6 nitrogen and oxygen atoms in total. The summed E-state index contributed by atoms with van der Waals surface area (Å²) in [5.74, 6) is 0.290. The maximum atomic E-state index is 12.1. The predicted molar refractivity (Wildman–Crippen MR) is 107 cm³/mol. The van der Waals surface area contributed by atoms with Crippen LogP contribution in [0.15, 0.2) is 40.8 Å².